The Labute approximate surface area is 116 Å². The molecule has 3 nitrogen and oxygen atoms in total. The van der Waals surface area contributed by atoms with Crippen molar-refractivity contribution in [3.63, 3.8) is 0 Å². The van der Waals surface area contributed by atoms with E-state index in [0.717, 1.165) is 38.5 Å². The number of rotatable bonds is 4. The molecule has 0 spiro atoms. The standard InChI is InChI=1S/C14H22N2O.ClH/c1-13-4-2-5-14(12-13)17-11-10-16-8-3-6-15-7-9-16;/h2,4-5,12,15H,3,6-11H2,1H3;1H. The molecule has 1 fully saturated rings. The average Bonchev–Trinajstić information content (AvgIpc) is 2.58. The van der Waals surface area contributed by atoms with Crippen molar-refractivity contribution in [2.75, 3.05) is 39.3 Å². The van der Waals surface area contributed by atoms with Gasteiger partial charge in [-0.15, -0.1) is 12.4 Å². The van der Waals surface area contributed by atoms with Gasteiger partial charge in [-0.1, -0.05) is 12.1 Å². The van der Waals surface area contributed by atoms with Crippen LogP contribution < -0.4 is 10.1 Å². The summed E-state index contributed by atoms with van der Waals surface area (Å²) >= 11 is 0. The predicted molar refractivity (Wildman–Crippen MR) is 77.8 cm³/mol. The summed E-state index contributed by atoms with van der Waals surface area (Å²) in [5.41, 5.74) is 1.25. The molecule has 0 unspecified atom stereocenters. The molecule has 0 aliphatic carbocycles. The highest BCUT2D eigenvalue weighted by Crippen LogP contribution is 2.12. The SMILES string of the molecule is Cc1cccc(OCCN2CCCNCC2)c1.Cl. The highest BCUT2D eigenvalue weighted by Gasteiger charge is 2.07. The Morgan fingerprint density at radius 1 is 1.28 bits per heavy atom. The van der Waals surface area contributed by atoms with Gasteiger partial charge >= 0.3 is 0 Å². The zero-order valence-corrected chi connectivity index (χ0v) is 11.8. The van der Waals surface area contributed by atoms with E-state index in [-0.39, 0.29) is 12.4 Å². The summed E-state index contributed by atoms with van der Waals surface area (Å²) in [5.74, 6) is 0.984. The summed E-state index contributed by atoms with van der Waals surface area (Å²) in [5, 5.41) is 3.41. The van der Waals surface area contributed by atoms with Crippen LogP contribution in [-0.2, 0) is 0 Å². The quantitative estimate of drug-likeness (QED) is 0.907. The lowest BCUT2D eigenvalue weighted by atomic mass is 10.2. The summed E-state index contributed by atoms with van der Waals surface area (Å²) in [6, 6.07) is 8.24. The number of halogens is 1. The van der Waals surface area contributed by atoms with E-state index < -0.39 is 0 Å². The van der Waals surface area contributed by atoms with Crippen LogP contribution in [0.15, 0.2) is 24.3 Å². The van der Waals surface area contributed by atoms with Crippen molar-refractivity contribution in [1.82, 2.24) is 10.2 Å². The molecular formula is C14H23ClN2O. The van der Waals surface area contributed by atoms with E-state index in [2.05, 4.69) is 29.3 Å². The van der Waals surface area contributed by atoms with Crippen LogP contribution in [0.4, 0.5) is 0 Å². The van der Waals surface area contributed by atoms with E-state index in [9.17, 15) is 0 Å². The van der Waals surface area contributed by atoms with Gasteiger partial charge in [-0.2, -0.15) is 0 Å². The van der Waals surface area contributed by atoms with Crippen molar-refractivity contribution < 1.29 is 4.74 Å². The molecule has 0 radical (unpaired) electrons. The molecule has 0 bridgehead atoms. The minimum Gasteiger partial charge on any atom is -0.492 e. The van der Waals surface area contributed by atoms with Crippen LogP contribution in [0.2, 0.25) is 0 Å². The molecule has 1 saturated heterocycles. The molecule has 1 aromatic rings. The summed E-state index contributed by atoms with van der Waals surface area (Å²) in [6.45, 7) is 8.47. The number of hydrogen-bond donors (Lipinski definition) is 1. The van der Waals surface area contributed by atoms with Gasteiger partial charge < -0.3 is 10.1 Å². The highest BCUT2D eigenvalue weighted by molar-refractivity contribution is 5.85. The molecule has 0 atom stereocenters. The summed E-state index contributed by atoms with van der Waals surface area (Å²) in [4.78, 5) is 2.47. The maximum atomic E-state index is 5.77. The molecule has 18 heavy (non-hydrogen) atoms. The largest absolute Gasteiger partial charge is 0.492 e. The summed E-state index contributed by atoms with van der Waals surface area (Å²) in [6.07, 6.45) is 1.24. The Morgan fingerprint density at radius 3 is 3.00 bits per heavy atom. The molecule has 102 valence electrons. The van der Waals surface area contributed by atoms with Gasteiger partial charge in [0.05, 0.1) is 0 Å². The smallest absolute Gasteiger partial charge is 0.119 e. The highest BCUT2D eigenvalue weighted by atomic mass is 35.5. The average molecular weight is 271 g/mol. The lowest BCUT2D eigenvalue weighted by Crippen LogP contribution is -2.31. The molecule has 0 aromatic heterocycles. The minimum atomic E-state index is 0. The zero-order chi connectivity index (χ0) is 11.9. The second kappa shape index (κ2) is 8.35. The van der Waals surface area contributed by atoms with Gasteiger partial charge in [0.1, 0.15) is 12.4 Å². The maximum Gasteiger partial charge on any atom is 0.119 e. The summed E-state index contributed by atoms with van der Waals surface area (Å²) in [7, 11) is 0. The van der Waals surface area contributed by atoms with Crippen molar-refractivity contribution in [2.45, 2.75) is 13.3 Å². The first kappa shape index (κ1) is 15.3. The number of aryl methyl sites for hydroxylation is 1. The van der Waals surface area contributed by atoms with E-state index >= 15 is 0 Å². The Kier molecular flexibility index (Phi) is 7.09. The van der Waals surface area contributed by atoms with E-state index in [0.29, 0.717) is 0 Å². The Morgan fingerprint density at radius 2 is 2.17 bits per heavy atom. The van der Waals surface area contributed by atoms with Crippen molar-refractivity contribution in [1.29, 1.82) is 0 Å². The summed E-state index contributed by atoms with van der Waals surface area (Å²) < 4.78 is 5.77. The first-order valence-corrected chi connectivity index (χ1v) is 6.47. The van der Waals surface area contributed by atoms with Crippen molar-refractivity contribution in [3.8, 4) is 5.75 Å². The van der Waals surface area contributed by atoms with E-state index in [1.165, 1.54) is 18.5 Å². The Bertz CT molecular complexity index is 338. The number of hydrogen-bond acceptors (Lipinski definition) is 3. The molecule has 1 aliphatic heterocycles. The molecule has 1 aliphatic rings. The fourth-order valence-electron chi connectivity index (χ4n) is 2.12. The van der Waals surface area contributed by atoms with Gasteiger partial charge in [0.15, 0.2) is 0 Å². The van der Waals surface area contributed by atoms with Crippen LogP contribution in [0.1, 0.15) is 12.0 Å². The monoisotopic (exact) mass is 270 g/mol. The molecule has 0 amide bonds. The van der Waals surface area contributed by atoms with Crippen LogP contribution in [0.3, 0.4) is 0 Å². The molecule has 1 N–H and O–H groups in total. The molecule has 1 heterocycles. The third-order valence-electron chi connectivity index (χ3n) is 3.10. The number of benzene rings is 1. The number of ether oxygens (including phenoxy) is 1. The number of nitrogens with one attached hydrogen (secondary N) is 1. The second-order valence-electron chi connectivity index (χ2n) is 4.61. The topological polar surface area (TPSA) is 24.5 Å². The van der Waals surface area contributed by atoms with Gasteiger partial charge in [-0.05, 0) is 44.1 Å². The molecule has 4 heteroatoms. The van der Waals surface area contributed by atoms with E-state index in [1.807, 2.05) is 12.1 Å². The Balaban J connectivity index is 0.00000162. The van der Waals surface area contributed by atoms with Crippen LogP contribution >= 0.6 is 12.4 Å². The number of nitrogens with zero attached hydrogens (tertiary/aromatic N) is 1. The fourth-order valence-corrected chi connectivity index (χ4v) is 2.12. The fraction of sp³-hybridized carbons (Fsp3) is 0.571. The van der Waals surface area contributed by atoms with Crippen LogP contribution in [0.5, 0.6) is 5.75 Å². The molecule has 0 saturated carbocycles. The van der Waals surface area contributed by atoms with E-state index in [1.54, 1.807) is 0 Å². The first-order valence-electron chi connectivity index (χ1n) is 6.47. The third kappa shape index (κ3) is 5.25. The predicted octanol–water partition coefficient (Wildman–Crippen LogP) is 2.09. The molecule has 2 rings (SSSR count). The van der Waals surface area contributed by atoms with Crippen molar-refractivity contribution >= 4 is 12.4 Å². The van der Waals surface area contributed by atoms with Crippen molar-refractivity contribution in [2.24, 2.45) is 0 Å². The van der Waals surface area contributed by atoms with Crippen LogP contribution in [0, 0.1) is 6.92 Å². The van der Waals surface area contributed by atoms with Gasteiger partial charge in [0, 0.05) is 19.6 Å². The first-order chi connectivity index (χ1) is 8.34. The van der Waals surface area contributed by atoms with Crippen molar-refractivity contribution in [3.05, 3.63) is 29.8 Å². The van der Waals surface area contributed by atoms with Gasteiger partial charge in [-0.3, -0.25) is 4.90 Å². The minimum absolute atomic E-state index is 0. The van der Waals surface area contributed by atoms with Crippen LogP contribution in [-0.4, -0.2) is 44.2 Å². The molecule has 1 aromatic carbocycles. The van der Waals surface area contributed by atoms with Gasteiger partial charge in [0.25, 0.3) is 0 Å². The second-order valence-corrected chi connectivity index (χ2v) is 4.61. The van der Waals surface area contributed by atoms with Crippen LogP contribution in [0.25, 0.3) is 0 Å². The maximum absolute atomic E-state index is 5.77. The normalized spacial score (nSPS) is 16.7. The van der Waals surface area contributed by atoms with Gasteiger partial charge in [0.2, 0.25) is 0 Å². The lowest BCUT2D eigenvalue weighted by Gasteiger charge is -2.19. The zero-order valence-electron chi connectivity index (χ0n) is 11.0. The Hall–Kier alpha value is -0.770. The third-order valence-corrected chi connectivity index (χ3v) is 3.10. The van der Waals surface area contributed by atoms with Gasteiger partial charge in [-0.25, -0.2) is 0 Å². The lowest BCUT2D eigenvalue weighted by molar-refractivity contribution is 0.217. The molecular weight excluding hydrogens is 248 g/mol. The van der Waals surface area contributed by atoms with E-state index in [4.69, 9.17) is 4.74 Å².